The van der Waals surface area contributed by atoms with Crippen LogP contribution < -0.4 is 0 Å². The summed E-state index contributed by atoms with van der Waals surface area (Å²) < 4.78 is 0. The van der Waals surface area contributed by atoms with E-state index >= 15 is 0 Å². The number of aliphatic carboxylic acids is 1. The van der Waals surface area contributed by atoms with E-state index in [4.69, 9.17) is 10.4 Å². The number of carbonyl (C=O) groups is 1. The van der Waals surface area contributed by atoms with Crippen LogP contribution in [0, 0.1) is 17.2 Å². The minimum absolute atomic E-state index is 0.339. The zero-order chi connectivity index (χ0) is 7.44. The third-order valence-corrected chi connectivity index (χ3v) is 2.84. The highest BCUT2D eigenvalue weighted by Gasteiger charge is 2.17. The summed E-state index contributed by atoms with van der Waals surface area (Å²) in [5.74, 6) is -1.19. The molecule has 0 bridgehead atoms. The van der Waals surface area contributed by atoms with Crippen LogP contribution >= 0.6 is 0 Å². The monoisotopic (exact) mass is 143 g/mol. The Morgan fingerprint density at radius 2 is 2.33 bits per heavy atom. The standard InChI is InChI=1S/C5H9NO2Si/c1-3(2-6)4(9)5(7)8/h3-4H,1,9H3,(H,7,8). The van der Waals surface area contributed by atoms with Gasteiger partial charge in [0.15, 0.2) is 0 Å². The first-order chi connectivity index (χ1) is 4.09. The van der Waals surface area contributed by atoms with Gasteiger partial charge in [-0.2, -0.15) is 5.26 Å². The average Bonchev–Trinajstić information content (AvgIpc) is 1.84. The van der Waals surface area contributed by atoms with Gasteiger partial charge in [0.1, 0.15) is 0 Å². The van der Waals surface area contributed by atoms with Crippen molar-refractivity contribution in [2.45, 2.75) is 12.5 Å². The van der Waals surface area contributed by atoms with Gasteiger partial charge >= 0.3 is 5.97 Å². The van der Waals surface area contributed by atoms with Crippen LogP contribution in [-0.2, 0) is 4.79 Å². The first-order valence-electron chi connectivity index (χ1n) is 2.72. The van der Waals surface area contributed by atoms with Crippen LogP contribution in [0.5, 0.6) is 0 Å². The van der Waals surface area contributed by atoms with Crippen molar-refractivity contribution in [2.75, 3.05) is 0 Å². The molecule has 0 aliphatic carbocycles. The van der Waals surface area contributed by atoms with Crippen LogP contribution in [0.2, 0.25) is 5.54 Å². The highest BCUT2D eigenvalue weighted by Crippen LogP contribution is 2.11. The molecule has 0 aliphatic rings. The van der Waals surface area contributed by atoms with E-state index < -0.39 is 11.5 Å². The number of carboxylic acid groups (broad SMARTS) is 1. The summed E-state index contributed by atoms with van der Waals surface area (Å²) in [5.41, 5.74) is -0.421. The molecule has 2 unspecified atom stereocenters. The third-order valence-electron chi connectivity index (χ3n) is 1.34. The Hall–Kier alpha value is -0.823. The molecular formula is C5H9NO2Si. The molecule has 0 amide bonds. The summed E-state index contributed by atoms with van der Waals surface area (Å²) in [7, 11) is 0.545. The van der Waals surface area contributed by atoms with Crippen LogP contribution in [0.1, 0.15) is 6.92 Å². The molecule has 0 heterocycles. The van der Waals surface area contributed by atoms with Crippen LogP contribution in [0.25, 0.3) is 0 Å². The summed E-state index contributed by atoms with van der Waals surface area (Å²) in [6, 6.07) is 1.90. The van der Waals surface area contributed by atoms with Crippen LogP contribution in [0.3, 0.4) is 0 Å². The van der Waals surface area contributed by atoms with Gasteiger partial charge in [0.2, 0.25) is 0 Å². The lowest BCUT2D eigenvalue weighted by Crippen LogP contribution is -2.13. The number of rotatable bonds is 2. The second-order valence-electron chi connectivity index (χ2n) is 2.04. The maximum absolute atomic E-state index is 10.2. The van der Waals surface area contributed by atoms with E-state index in [1.54, 1.807) is 6.92 Å². The topological polar surface area (TPSA) is 61.1 Å². The van der Waals surface area contributed by atoms with Gasteiger partial charge in [0.05, 0.1) is 17.5 Å². The molecule has 9 heavy (non-hydrogen) atoms. The molecule has 0 aliphatic heterocycles. The predicted octanol–water partition coefficient (Wildman–Crippen LogP) is -0.615. The normalized spacial score (nSPS) is 16.0. The summed E-state index contributed by atoms with van der Waals surface area (Å²) in [4.78, 5) is 10.2. The average molecular weight is 143 g/mol. The molecule has 0 radical (unpaired) electrons. The summed E-state index contributed by atoms with van der Waals surface area (Å²) in [6.07, 6.45) is 0. The first kappa shape index (κ1) is 8.18. The molecule has 3 nitrogen and oxygen atoms in total. The second-order valence-corrected chi connectivity index (χ2v) is 3.29. The number of nitrogens with zero attached hydrogens (tertiary/aromatic N) is 1. The van der Waals surface area contributed by atoms with E-state index in [-0.39, 0.29) is 5.92 Å². The van der Waals surface area contributed by atoms with Gasteiger partial charge in [-0.25, -0.2) is 0 Å². The zero-order valence-electron chi connectivity index (χ0n) is 5.46. The van der Waals surface area contributed by atoms with Crippen molar-refractivity contribution >= 4 is 16.2 Å². The van der Waals surface area contributed by atoms with Crippen molar-refractivity contribution in [3.63, 3.8) is 0 Å². The zero-order valence-corrected chi connectivity index (χ0v) is 7.46. The largest absolute Gasteiger partial charge is 0.481 e. The van der Waals surface area contributed by atoms with Gasteiger partial charge in [0, 0.05) is 10.2 Å². The lowest BCUT2D eigenvalue weighted by Gasteiger charge is -2.05. The van der Waals surface area contributed by atoms with Crippen LogP contribution in [0.4, 0.5) is 0 Å². The Morgan fingerprint density at radius 1 is 1.89 bits per heavy atom. The Balaban J connectivity index is 3.91. The third kappa shape index (κ3) is 2.28. The van der Waals surface area contributed by atoms with E-state index in [0.717, 1.165) is 0 Å². The fourth-order valence-corrected chi connectivity index (χ4v) is 0.475. The van der Waals surface area contributed by atoms with Crippen molar-refractivity contribution < 1.29 is 9.90 Å². The molecule has 0 aromatic heterocycles. The highest BCUT2D eigenvalue weighted by molar-refractivity contribution is 6.22. The Morgan fingerprint density at radius 3 is 2.44 bits per heavy atom. The molecule has 50 valence electrons. The van der Waals surface area contributed by atoms with Crippen molar-refractivity contribution in [2.24, 2.45) is 5.92 Å². The summed E-state index contributed by atoms with van der Waals surface area (Å²) in [5, 5.41) is 16.6. The fourth-order valence-electron chi connectivity index (χ4n) is 0.326. The Bertz CT molecular complexity index is 152. The van der Waals surface area contributed by atoms with Crippen molar-refractivity contribution in [1.29, 1.82) is 5.26 Å². The highest BCUT2D eigenvalue weighted by atomic mass is 28.1. The first-order valence-corrected chi connectivity index (χ1v) is 3.87. The summed E-state index contributed by atoms with van der Waals surface area (Å²) in [6.45, 7) is 1.63. The lowest BCUT2D eigenvalue weighted by molar-refractivity contribution is -0.137. The van der Waals surface area contributed by atoms with Crippen LogP contribution in [0.15, 0.2) is 0 Å². The summed E-state index contributed by atoms with van der Waals surface area (Å²) >= 11 is 0. The molecule has 0 saturated carbocycles. The van der Waals surface area contributed by atoms with E-state index in [1.165, 1.54) is 0 Å². The Kier molecular flexibility index (Phi) is 2.95. The van der Waals surface area contributed by atoms with Crippen molar-refractivity contribution in [3.8, 4) is 6.07 Å². The van der Waals surface area contributed by atoms with Gasteiger partial charge in [-0.3, -0.25) is 4.79 Å². The van der Waals surface area contributed by atoms with Gasteiger partial charge in [-0.05, 0) is 6.92 Å². The fraction of sp³-hybridized carbons (Fsp3) is 0.600. The molecule has 1 N–H and O–H groups in total. The smallest absolute Gasteiger partial charge is 0.304 e. The molecule has 2 atom stereocenters. The molecule has 0 fully saturated rings. The minimum Gasteiger partial charge on any atom is -0.481 e. The van der Waals surface area contributed by atoms with Gasteiger partial charge in [0.25, 0.3) is 0 Å². The van der Waals surface area contributed by atoms with E-state index in [9.17, 15) is 4.79 Å². The van der Waals surface area contributed by atoms with Crippen molar-refractivity contribution in [3.05, 3.63) is 0 Å². The van der Waals surface area contributed by atoms with E-state index in [1.807, 2.05) is 6.07 Å². The lowest BCUT2D eigenvalue weighted by atomic mass is 10.1. The van der Waals surface area contributed by atoms with E-state index in [0.29, 0.717) is 10.2 Å². The number of hydrogen-bond acceptors (Lipinski definition) is 2. The SMILES string of the molecule is CC(C#N)C([SiH3])C(=O)O. The number of hydrogen-bond donors (Lipinski definition) is 1. The predicted molar refractivity (Wildman–Crippen MR) is 36.1 cm³/mol. The minimum atomic E-state index is -0.851. The molecular weight excluding hydrogens is 134 g/mol. The van der Waals surface area contributed by atoms with Crippen LogP contribution in [-0.4, -0.2) is 21.3 Å². The molecule has 0 saturated heterocycles. The maximum atomic E-state index is 10.2. The van der Waals surface area contributed by atoms with Crippen molar-refractivity contribution in [1.82, 2.24) is 0 Å². The number of nitriles is 1. The second kappa shape index (κ2) is 3.25. The number of carboxylic acids is 1. The van der Waals surface area contributed by atoms with E-state index in [2.05, 4.69) is 0 Å². The molecule has 0 spiro atoms. The molecule has 0 aromatic rings. The van der Waals surface area contributed by atoms with Gasteiger partial charge in [-0.1, -0.05) is 0 Å². The maximum Gasteiger partial charge on any atom is 0.304 e. The quantitative estimate of drug-likeness (QED) is 0.524. The van der Waals surface area contributed by atoms with Gasteiger partial charge < -0.3 is 5.11 Å². The molecule has 0 rings (SSSR count). The van der Waals surface area contributed by atoms with Gasteiger partial charge in [-0.15, -0.1) is 0 Å². The molecule has 0 aromatic carbocycles. The Labute approximate surface area is 56.7 Å². The molecule has 4 heteroatoms.